The Labute approximate surface area is 92.0 Å². The molecule has 0 saturated heterocycles. The van der Waals surface area contributed by atoms with Gasteiger partial charge in [0.2, 0.25) is 12.2 Å². The van der Waals surface area contributed by atoms with Crippen LogP contribution in [0, 0.1) is 0 Å². The van der Waals surface area contributed by atoms with Gasteiger partial charge in [0.05, 0.1) is 11.4 Å². The summed E-state index contributed by atoms with van der Waals surface area (Å²) in [6.07, 6.45) is 6.50. The maximum absolute atomic E-state index is 10.3. The van der Waals surface area contributed by atoms with Gasteiger partial charge in [0.1, 0.15) is 0 Å². The van der Waals surface area contributed by atoms with Gasteiger partial charge in [-0.15, -0.1) is 0 Å². The van der Waals surface area contributed by atoms with Crippen molar-refractivity contribution >= 4 is 23.5 Å². The second-order valence-electron chi connectivity index (χ2n) is 3.34. The van der Waals surface area contributed by atoms with Crippen molar-refractivity contribution in [3.8, 4) is 0 Å². The fraction of sp³-hybridized carbons (Fsp3) is 0.167. The average Bonchev–Trinajstić information content (AvgIpc) is 2.31. The van der Waals surface area contributed by atoms with Crippen molar-refractivity contribution in [2.75, 3.05) is 0 Å². The van der Waals surface area contributed by atoms with E-state index in [2.05, 4.69) is 9.98 Å². The lowest BCUT2D eigenvalue weighted by atomic mass is 9.93. The monoisotopic (exact) mass is 212 g/mol. The van der Waals surface area contributed by atoms with E-state index in [9.17, 15) is 9.59 Å². The van der Waals surface area contributed by atoms with Crippen molar-refractivity contribution in [2.24, 2.45) is 9.98 Å². The highest BCUT2D eigenvalue weighted by Crippen LogP contribution is 2.33. The summed E-state index contributed by atoms with van der Waals surface area (Å²) in [5.41, 5.74) is 2.96. The second kappa shape index (κ2) is 4.49. The molecule has 0 heterocycles. The molecule has 0 saturated carbocycles. The van der Waals surface area contributed by atoms with Crippen LogP contribution in [-0.4, -0.2) is 12.2 Å². The molecule has 1 aliphatic carbocycles. The first-order valence-electron chi connectivity index (χ1n) is 4.85. The van der Waals surface area contributed by atoms with Crippen LogP contribution in [0.4, 0.5) is 5.69 Å². The molecule has 0 radical (unpaired) electrons. The van der Waals surface area contributed by atoms with Gasteiger partial charge in [0, 0.05) is 5.56 Å². The number of hydrogen-bond acceptors (Lipinski definition) is 4. The number of rotatable bonds is 2. The maximum atomic E-state index is 10.3. The second-order valence-corrected chi connectivity index (χ2v) is 3.34. The van der Waals surface area contributed by atoms with E-state index in [1.165, 1.54) is 12.2 Å². The topological polar surface area (TPSA) is 58.9 Å². The summed E-state index contributed by atoms with van der Waals surface area (Å²) in [4.78, 5) is 27.8. The van der Waals surface area contributed by atoms with E-state index < -0.39 is 0 Å². The third-order valence-corrected chi connectivity index (χ3v) is 2.49. The molecular formula is C12H8N2O2. The number of benzene rings is 1. The van der Waals surface area contributed by atoms with Crippen molar-refractivity contribution in [3.63, 3.8) is 0 Å². The SMILES string of the molecule is O=C=NC1=CCCc2c(N=C=O)cccc21. The van der Waals surface area contributed by atoms with Gasteiger partial charge in [-0.1, -0.05) is 18.2 Å². The fourth-order valence-corrected chi connectivity index (χ4v) is 1.85. The van der Waals surface area contributed by atoms with Gasteiger partial charge < -0.3 is 0 Å². The molecule has 0 fully saturated rings. The fourth-order valence-electron chi connectivity index (χ4n) is 1.85. The minimum Gasteiger partial charge on any atom is -0.211 e. The molecule has 2 rings (SSSR count). The first kappa shape index (κ1) is 10.2. The van der Waals surface area contributed by atoms with E-state index in [1.54, 1.807) is 12.1 Å². The number of fused-ring (bicyclic) bond motifs is 1. The van der Waals surface area contributed by atoms with Gasteiger partial charge in [-0.3, -0.25) is 0 Å². The summed E-state index contributed by atoms with van der Waals surface area (Å²) >= 11 is 0. The normalized spacial score (nSPS) is 12.9. The van der Waals surface area contributed by atoms with Gasteiger partial charge in [-0.25, -0.2) is 9.59 Å². The highest BCUT2D eigenvalue weighted by atomic mass is 16.1. The maximum Gasteiger partial charge on any atom is 0.240 e. The van der Waals surface area contributed by atoms with E-state index in [4.69, 9.17) is 0 Å². The number of carbonyl (C=O) groups excluding carboxylic acids is 2. The van der Waals surface area contributed by atoms with Gasteiger partial charge in [-0.05, 0) is 24.5 Å². The van der Waals surface area contributed by atoms with Gasteiger partial charge in [0.15, 0.2) is 0 Å². The largest absolute Gasteiger partial charge is 0.240 e. The summed E-state index contributed by atoms with van der Waals surface area (Å²) < 4.78 is 0. The molecule has 1 aliphatic rings. The molecule has 0 bridgehead atoms. The van der Waals surface area contributed by atoms with Crippen LogP contribution >= 0.6 is 0 Å². The van der Waals surface area contributed by atoms with Crippen LogP contribution < -0.4 is 0 Å². The Bertz CT molecular complexity index is 548. The molecule has 0 atom stereocenters. The Morgan fingerprint density at radius 1 is 1.12 bits per heavy atom. The molecule has 0 unspecified atom stereocenters. The quantitative estimate of drug-likeness (QED) is 0.557. The summed E-state index contributed by atoms with van der Waals surface area (Å²) in [5.74, 6) is 0. The molecule has 1 aromatic rings. The molecule has 0 aromatic heterocycles. The minimum atomic E-state index is 0.596. The molecule has 0 amide bonds. The highest BCUT2D eigenvalue weighted by Gasteiger charge is 2.15. The van der Waals surface area contributed by atoms with Crippen molar-refractivity contribution in [1.29, 1.82) is 0 Å². The Morgan fingerprint density at radius 3 is 2.69 bits per heavy atom. The Kier molecular flexibility index (Phi) is 2.88. The van der Waals surface area contributed by atoms with Crippen molar-refractivity contribution in [3.05, 3.63) is 35.4 Å². The average molecular weight is 212 g/mol. The first-order chi connectivity index (χ1) is 7.86. The molecule has 0 N–H and O–H groups in total. The van der Waals surface area contributed by atoms with E-state index >= 15 is 0 Å². The van der Waals surface area contributed by atoms with Crippen LogP contribution in [0.5, 0.6) is 0 Å². The van der Waals surface area contributed by atoms with E-state index in [1.807, 2.05) is 12.1 Å². The number of hydrogen-bond donors (Lipinski definition) is 0. The van der Waals surface area contributed by atoms with Crippen LogP contribution in [0.1, 0.15) is 17.5 Å². The van der Waals surface area contributed by atoms with Crippen molar-refractivity contribution in [2.45, 2.75) is 12.8 Å². The van der Waals surface area contributed by atoms with E-state index in [-0.39, 0.29) is 0 Å². The summed E-state index contributed by atoms with van der Waals surface area (Å²) in [6, 6.07) is 5.37. The highest BCUT2D eigenvalue weighted by molar-refractivity contribution is 5.76. The summed E-state index contributed by atoms with van der Waals surface area (Å²) in [7, 11) is 0. The van der Waals surface area contributed by atoms with Gasteiger partial charge in [0.25, 0.3) is 0 Å². The van der Waals surface area contributed by atoms with Crippen molar-refractivity contribution < 1.29 is 9.59 Å². The Balaban J connectivity index is 2.61. The standard InChI is InChI=1S/C12H8N2O2/c15-7-13-11-5-1-3-9-10(11)4-2-6-12(9)14-8-16/h1,3,5-6H,2,4H2. The zero-order valence-electron chi connectivity index (χ0n) is 8.43. The number of isocyanates is 2. The smallest absolute Gasteiger partial charge is 0.211 e. The zero-order valence-corrected chi connectivity index (χ0v) is 8.43. The van der Waals surface area contributed by atoms with E-state index in [0.717, 1.165) is 24.0 Å². The minimum absolute atomic E-state index is 0.596. The lowest BCUT2D eigenvalue weighted by Gasteiger charge is -2.14. The van der Waals surface area contributed by atoms with Crippen molar-refractivity contribution in [1.82, 2.24) is 0 Å². The van der Waals surface area contributed by atoms with Gasteiger partial charge in [-0.2, -0.15) is 9.98 Å². The van der Waals surface area contributed by atoms with Crippen LogP contribution in [0.25, 0.3) is 5.70 Å². The first-order valence-corrected chi connectivity index (χ1v) is 4.85. The predicted molar refractivity (Wildman–Crippen MR) is 58.6 cm³/mol. The number of allylic oxidation sites excluding steroid dienone is 1. The molecule has 16 heavy (non-hydrogen) atoms. The van der Waals surface area contributed by atoms with E-state index in [0.29, 0.717) is 11.4 Å². The molecule has 4 heteroatoms. The third kappa shape index (κ3) is 1.75. The molecular weight excluding hydrogens is 204 g/mol. The number of aliphatic imine (C=N–C) groups is 2. The zero-order chi connectivity index (χ0) is 11.4. The molecule has 0 spiro atoms. The van der Waals surface area contributed by atoms with Crippen LogP contribution in [0.15, 0.2) is 34.3 Å². The van der Waals surface area contributed by atoms with Crippen LogP contribution in [0.2, 0.25) is 0 Å². The van der Waals surface area contributed by atoms with Gasteiger partial charge >= 0.3 is 0 Å². The predicted octanol–water partition coefficient (Wildman–Crippen LogP) is 2.28. The molecule has 1 aromatic carbocycles. The van der Waals surface area contributed by atoms with Crippen LogP contribution in [0.3, 0.4) is 0 Å². The van der Waals surface area contributed by atoms with Crippen LogP contribution in [-0.2, 0) is 16.0 Å². The summed E-state index contributed by atoms with van der Waals surface area (Å²) in [5, 5.41) is 0. The Morgan fingerprint density at radius 2 is 1.94 bits per heavy atom. The number of nitrogens with zero attached hydrogens (tertiary/aromatic N) is 2. The summed E-state index contributed by atoms with van der Waals surface area (Å²) in [6.45, 7) is 0. The third-order valence-electron chi connectivity index (χ3n) is 2.49. The lowest BCUT2D eigenvalue weighted by molar-refractivity contribution is 0.564. The molecule has 78 valence electrons. The Hall–Kier alpha value is -2.28. The molecule has 0 aliphatic heterocycles. The lowest BCUT2D eigenvalue weighted by Crippen LogP contribution is -1.98. The molecule has 4 nitrogen and oxygen atoms in total.